The van der Waals surface area contributed by atoms with Crippen LogP contribution in [0, 0.1) is 10.1 Å². The Morgan fingerprint density at radius 1 is 1.00 bits per heavy atom. The van der Waals surface area contributed by atoms with E-state index in [0.29, 0.717) is 5.95 Å². The van der Waals surface area contributed by atoms with Crippen molar-refractivity contribution < 1.29 is 9.34 Å². The molecule has 1 N–H and O–H groups in total. The average molecular weight is 359 g/mol. The van der Waals surface area contributed by atoms with Gasteiger partial charge in [-0.2, -0.15) is 5.10 Å². The zero-order valence-electron chi connectivity index (χ0n) is 13.9. The van der Waals surface area contributed by atoms with Crippen molar-refractivity contribution in [1.82, 2.24) is 9.97 Å². The third-order valence-corrected chi connectivity index (χ3v) is 3.80. The van der Waals surface area contributed by atoms with Gasteiger partial charge in [0.25, 0.3) is 0 Å². The minimum absolute atomic E-state index is 0.248. The number of hydrogen-bond donors (Lipinski definition) is 1. The third-order valence-electron chi connectivity index (χ3n) is 3.80. The highest BCUT2D eigenvalue weighted by atomic mass is 16.6. The maximum Gasteiger partial charge on any atom is 0.433 e. The van der Waals surface area contributed by atoms with Crippen LogP contribution in [0.4, 0.5) is 11.8 Å². The number of para-hydroxylation sites is 1. The van der Waals surface area contributed by atoms with Gasteiger partial charge >= 0.3 is 5.88 Å². The summed E-state index contributed by atoms with van der Waals surface area (Å²) in [5, 5.41) is 15.6. The van der Waals surface area contributed by atoms with E-state index < -0.39 is 4.92 Å². The second kappa shape index (κ2) is 7.04. The lowest BCUT2D eigenvalue weighted by Gasteiger charge is -2.08. The van der Waals surface area contributed by atoms with E-state index in [1.165, 1.54) is 18.3 Å². The smallest absolute Gasteiger partial charge is 0.400 e. The summed E-state index contributed by atoms with van der Waals surface area (Å²) in [7, 11) is 0. The van der Waals surface area contributed by atoms with E-state index >= 15 is 0 Å². The molecule has 0 saturated carbocycles. The standard InChI is InChI=1S/C19H13N5O3/c25-24(26)17-11-10-14(27-17)12-20-23-19-21-16-9-5-4-8-15(16)18(22-19)13-6-2-1-3-7-13/h1-12H,(H,21,22,23)/b20-12-. The predicted octanol–water partition coefficient (Wildman–Crippen LogP) is 4.24. The molecule has 0 amide bonds. The number of benzene rings is 2. The monoisotopic (exact) mass is 359 g/mol. The van der Waals surface area contributed by atoms with E-state index in [-0.39, 0.29) is 11.6 Å². The van der Waals surface area contributed by atoms with Crippen LogP contribution in [0.3, 0.4) is 0 Å². The summed E-state index contributed by atoms with van der Waals surface area (Å²) < 4.78 is 5.02. The summed E-state index contributed by atoms with van der Waals surface area (Å²) in [6.07, 6.45) is 1.33. The Labute approximate surface area is 153 Å². The van der Waals surface area contributed by atoms with Crippen LogP contribution < -0.4 is 5.43 Å². The molecule has 0 aliphatic rings. The van der Waals surface area contributed by atoms with Crippen molar-refractivity contribution in [2.45, 2.75) is 0 Å². The molecule has 0 aliphatic carbocycles. The van der Waals surface area contributed by atoms with Crippen LogP contribution in [0.15, 0.2) is 76.2 Å². The van der Waals surface area contributed by atoms with E-state index in [1.54, 1.807) is 0 Å². The van der Waals surface area contributed by atoms with Crippen molar-refractivity contribution >= 4 is 29.0 Å². The molecule has 0 spiro atoms. The summed E-state index contributed by atoms with van der Waals surface area (Å²) in [5.41, 5.74) is 5.27. The molecule has 0 bridgehead atoms. The van der Waals surface area contributed by atoms with Crippen molar-refractivity contribution in [2.75, 3.05) is 5.43 Å². The molecule has 0 aliphatic heterocycles. The van der Waals surface area contributed by atoms with E-state index in [2.05, 4.69) is 20.5 Å². The van der Waals surface area contributed by atoms with Crippen molar-refractivity contribution in [3.8, 4) is 11.3 Å². The molecule has 8 nitrogen and oxygen atoms in total. The summed E-state index contributed by atoms with van der Waals surface area (Å²) in [4.78, 5) is 19.0. The van der Waals surface area contributed by atoms with Gasteiger partial charge in [-0.25, -0.2) is 15.4 Å². The molecule has 8 heteroatoms. The molecule has 2 aromatic heterocycles. The first-order valence-electron chi connectivity index (χ1n) is 8.06. The van der Waals surface area contributed by atoms with E-state index in [4.69, 9.17) is 4.42 Å². The predicted molar refractivity (Wildman–Crippen MR) is 102 cm³/mol. The maximum absolute atomic E-state index is 10.6. The van der Waals surface area contributed by atoms with Crippen molar-refractivity contribution in [2.24, 2.45) is 5.10 Å². The molecular weight excluding hydrogens is 346 g/mol. The number of fused-ring (bicyclic) bond motifs is 1. The van der Waals surface area contributed by atoms with Crippen molar-refractivity contribution in [3.05, 3.63) is 82.6 Å². The Bertz CT molecular complexity index is 1140. The van der Waals surface area contributed by atoms with Crippen LogP contribution in [-0.4, -0.2) is 21.1 Å². The zero-order chi connectivity index (χ0) is 18.6. The van der Waals surface area contributed by atoms with Gasteiger partial charge < -0.3 is 4.42 Å². The fourth-order valence-corrected chi connectivity index (χ4v) is 2.61. The summed E-state index contributed by atoms with van der Waals surface area (Å²) in [6, 6.07) is 20.2. The number of nitrogens with one attached hydrogen (secondary N) is 1. The van der Waals surface area contributed by atoms with Gasteiger partial charge in [0, 0.05) is 10.9 Å². The van der Waals surface area contributed by atoms with Gasteiger partial charge in [-0.1, -0.05) is 48.5 Å². The van der Waals surface area contributed by atoms with Crippen LogP contribution in [0.2, 0.25) is 0 Å². The lowest BCUT2D eigenvalue weighted by Crippen LogP contribution is -1.99. The largest absolute Gasteiger partial charge is 0.433 e. The number of nitrogens with zero attached hydrogens (tertiary/aromatic N) is 4. The molecule has 2 heterocycles. The number of hydrogen-bond acceptors (Lipinski definition) is 7. The van der Waals surface area contributed by atoms with E-state index in [1.807, 2.05) is 54.6 Å². The highest BCUT2D eigenvalue weighted by Crippen LogP contribution is 2.27. The Balaban J connectivity index is 1.66. The number of aromatic nitrogens is 2. The summed E-state index contributed by atoms with van der Waals surface area (Å²) in [5.74, 6) is 0.216. The molecule has 4 aromatic rings. The number of nitro groups is 1. The highest BCUT2D eigenvalue weighted by molar-refractivity contribution is 5.93. The van der Waals surface area contributed by atoms with Gasteiger partial charge in [-0.05, 0) is 12.1 Å². The van der Waals surface area contributed by atoms with Crippen LogP contribution in [0.1, 0.15) is 5.76 Å². The first kappa shape index (κ1) is 16.4. The molecule has 0 radical (unpaired) electrons. The fraction of sp³-hybridized carbons (Fsp3) is 0. The van der Waals surface area contributed by atoms with Crippen LogP contribution in [0.5, 0.6) is 0 Å². The maximum atomic E-state index is 10.6. The minimum Gasteiger partial charge on any atom is -0.400 e. The van der Waals surface area contributed by atoms with Crippen LogP contribution in [0.25, 0.3) is 22.2 Å². The van der Waals surface area contributed by atoms with Crippen molar-refractivity contribution in [3.63, 3.8) is 0 Å². The van der Waals surface area contributed by atoms with Crippen LogP contribution >= 0.6 is 0 Å². The second-order valence-corrected chi connectivity index (χ2v) is 5.58. The highest BCUT2D eigenvalue weighted by Gasteiger charge is 2.11. The third kappa shape index (κ3) is 3.49. The quantitative estimate of drug-likeness (QED) is 0.324. The summed E-state index contributed by atoms with van der Waals surface area (Å²) in [6.45, 7) is 0. The number of furan rings is 1. The lowest BCUT2D eigenvalue weighted by atomic mass is 10.1. The van der Waals surface area contributed by atoms with Crippen LogP contribution in [-0.2, 0) is 0 Å². The molecule has 4 rings (SSSR count). The molecule has 2 aromatic carbocycles. The van der Waals surface area contributed by atoms with E-state index in [9.17, 15) is 10.1 Å². The molecule has 0 fully saturated rings. The molecular formula is C19H13N5O3. The van der Waals surface area contributed by atoms with Gasteiger partial charge in [-0.3, -0.25) is 10.1 Å². The number of rotatable bonds is 5. The average Bonchev–Trinajstić information content (AvgIpc) is 3.17. The number of anilines is 1. The first-order chi connectivity index (χ1) is 13.2. The molecule has 0 saturated heterocycles. The Hall–Kier alpha value is -4.07. The Morgan fingerprint density at radius 3 is 2.56 bits per heavy atom. The molecule has 0 unspecified atom stereocenters. The zero-order valence-corrected chi connectivity index (χ0v) is 13.9. The minimum atomic E-state index is -0.608. The first-order valence-corrected chi connectivity index (χ1v) is 8.06. The molecule has 0 atom stereocenters. The van der Waals surface area contributed by atoms with Gasteiger partial charge in [0.2, 0.25) is 5.95 Å². The SMILES string of the molecule is O=[N+]([O-])c1ccc(/C=N\Nc2nc(-c3ccccc3)c3ccccc3n2)o1. The Kier molecular flexibility index (Phi) is 4.28. The molecule has 132 valence electrons. The van der Waals surface area contributed by atoms with Crippen molar-refractivity contribution in [1.29, 1.82) is 0 Å². The van der Waals surface area contributed by atoms with Gasteiger partial charge in [0.1, 0.15) is 4.92 Å². The van der Waals surface area contributed by atoms with Gasteiger partial charge in [0.05, 0.1) is 23.5 Å². The van der Waals surface area contributed by atoms with Gasteiger partial charge in [0.15, 0.2) is 5.76 Å². The summed E-state index contributed by atoms with van der Waals surface area (Å²) >= 11 is 0. The molecule has 27 heavy (non-hydrogen) atoms. The second-order valence-electron chi connectivity index (χ2n) is 5.58. The van der Waals surface area contributed by atoms with E-state index in [0.717, 1.165) is 22.2 Å². The lowest BCUT2D eigenvalue weighted by molar-refractivity contribution is -0.402. The normalized spacial score (nSPS) is 11.1. The van der Waals surface area contributed by atoms with Gasteiger partial charge in [-0.15, -0.1) is 0 Å². The topological polar surface area (TPSA) is 106 Å². The Morgan fingerprint density at radius 2 is 1.78 bits per heavy atom. The fourth-order valence-electron chi connectivity index (χ4n) is 2.61. The number of hydrazone groups is 1.